The van der Waals surface area contributed by atoms with Gasteiger partial charge in [-0.15, -0.1) is 0 Å². The van der Waals surface area contributed by atoms with Crippen LogP contribution in [0.5, 0.6) is 0 Å². The normalized spacial score (nSPS) is 10.9. The number of carbonyl (C=O) groups is 1. The van der Waals surface area contributed by atoms with Crippen LogP contribution in [-0.2, 0) is 4.84 Å². The fraction of sp³-hybridized carbons (Fsp3) is 0.125. The van der Waals surface area contributed by atoms with Crippen LogP contribution in [0.25, 0.3) is 11.0 Å². The number of fused-ring (bicyclic) bond motifs is 1. The van der Waals surface area contributed by atoms with Gasteiger partial charge in [0.05, 0.1) is 30.5 Å². The first kappa shape index (κ1) is 18.5. The van der Waals surface area contributed by atoms with Crippen LogP contribution in [-0.4, -0.2) is 29.2 Å². The Morgan fingerprint density at radius 1 is 1.31 bits per heavy atom. The standard InChI is InChI=1S/C16H12F2IN3O4/c17-10-5-8(19)1-2-12(10)21-13-9-6-20-7-11(18)14(9)26-15(13)16(24)22-25-4-3-23/h1-2,5-7,21,23H,3-4H2,(H,22,24). The van der Waals surface area contributed by atoms with Crippen LogP contribution in [0.1, 0.15) is 10.6 Å². The van der Waals surface area contributed by atoms with Gasteiger partial charge in [-0.05, 0) is 40.8 Å². The highest BCUT2D eigenvalue weighted by atomic mass is 127. The Morgan fingerprint density at radius 3 is 2.85 bits per heavy atom. The molecule has 1 aromatic carbocycles. The third-order valence-corrected chi connectivity index (χ3v) is 3.98. The maximum absolute atomic E-state index is 14.2. The molecule has 0 atom stereocenters. The molecule has 0 aliphatic carbocycles. The molecule has 0 unspecified atom stereocenters. The van der Waals surface area contributed by atoms with E-state index >= 15 is 0 Å². The Hall–Kier alpha value is -2.31. The van der Waals surface area contributed by atoms with E-state index in [-0.39, 0.29) is 41.3 Å². The van der Waals surface area contributed by atoms with E-state index in [2.05, 4.69) is 15.8 Å². The van der Waals surface area contributed by atoms with Crippen molar-refractivity contribution in [3.8, 4) is 0 Å². The molecule has 2 aromatic heterocycles. The van der Waals surface area contributed by atoms with Crippen molar-refractivity contribution in [3.05, 3.63) is 51.6 Å². The van der Waals surface area contributed by atoms with E-state index < -0.39 is 17.5 Å². The van der Waals surface area contributed by atoms with Crippen LogP contribution in [0.3, 0.4) is 0 Å². The molecule has 3 rings (SSSR count). The van der Waals surface area contributed by atoms with Gasteiger partial charge in [0, 0.05) is 9.77 Å². The molecule has 0 saturated carbocycles. The molecule has 1 amide bonds. The van der Waals surface area contributed by atoms with Crippen molar-refractivity contribution in [1.29, 1.82) is 0 Å². The average molecular weight is 475 g/mol. The van der Waals surface area contributed by atoms with Crippen molar-refractivity contribution in [3.63, 3.8) is 0 Å². The highest BCUT2D eigenvalue weighted by Crippen LogP contribution is 2.34. The lowest BCUT2D eigenvalue weighted by atomic mass is 10.2. The summed E-state index contributed by atoms with van der Waals surface area (Å²) in [6.45, 7) is -0.450. The number of aliphatic hydroxyl groups is 1. The number of hydrogen-bond acceptors (Lipinski definition) is 6. The zero-order valence-corrected chi connectivity index (χ0v) is 15.2. The molecule has 0 bridgehead atoms. The van der Waals surface area contributed by atoms with Gasteiger partial charge in [0.25, 0.3) is 0 Å². The second kappa shape index (κ2) is 7.93. The second-order valence-corrected chi connectivity index (χ2v) is 6.30. The summed E-state index contributed by atoms with van der Waals surface area (Å²) in [6.07, 6.45) is 2.23. The molecule has 10 heteroatoms. The molecule has 0 saturated heterocycles. The van der Waals surface area contributed by atoms with Crippen LogP contribution in [0.4, 0.5) is 20.2 Å². The van der Waals surface area contributed by atoms with Gasteiger partial charge in [0.2, 0.25) is 5.76 Å². The van der Waals surface area contributed by atoms with Gasteiger partial charge in [-0.2, -0.15) is 0 Å². The molecular formula is C16H12F2IN3O4. The van der Waals surface area contributed by atoms with E-state index in [0.29, 0.717) is 3.57 Å². The van der Waals surface area contributed by atoms with Gasteiger partial charge < -0.3 is 14.8 Å². The van der Waals surface area contributed by atoms with E-state index in [0.717, 1.165) is 6.20 Å². The topological polar surface area (TPSA) is 96.6 Å². The van der Waals surface area contributed by atoms with Crippen LogP contribution < -0.4 is 10.8 Å². The molecule has 136 valence electrons. The maximum atomic E-state index is 14.2. The molecule has 3 aromatic rings. The van der Waals surface area contributed by atoms with E-state index in [1.165, 1.54) is 18.3 Å². The molecule has 26 heavy (non-hydrogen) atoms. The Balaban J connectivity index is 2.04. The minimum Gasteiger partial charge on any atom is -0.445 e. The molecule has 0 aliphatic rings. The van der Waals surface area contributed by atoms with E-state index in [1.807, 2.05) is 22.6 Å². The summed E-state index contributed by atoms with van der Waals surface area (Å²) < 4.78 is 34.1. The molecule has 0 aliphatic heterocycles. The van der Waals surface area contributed by atoms with Crippen LogP contribution >= 0.6 is 22.6 Å². The van der Waals surface area contributed by atoms with E-state index in [1.54, 1.807) is 6.07 Å². The van der Waals surface area contributed by atoms with Crippen molar-refractivity contribution >= 4 is 50.8 Å². The molecule has 0 radical (unpaired) electrons. The smallest absolute Gasteiger partial charge is 0.312 e. The van der Waals surface area contributed by atoms with Crippen molar-refractivity contribution in [2.75, 3.05) is 18.5 Å². The summed E-state index contributed by atoms with van der Waals surface area (Å²) in [7, 11) is 0. The van der Waals surface area contributed by atoms with Crippen molar-refractivity contribution in [1.82, 2.24) is 10.5 Å². The van der Waals surface area contributed by atoms with Gasteiger partial charge in [-0.1, -0.05) is 0 Å². The summed E-state index contributed by atoms with van der Waals surface area (Å²) in [5.74, 6) is -2.48. The van der Waals surface area contributed by atoms with Gasteiger partial charge in [0.15, 0.2) is 11.4 Å². The van der Waals surface area contributed by atoms with Gasteiger partial charge in [0.1, 0.15) is 11.5 Å². The first-order chi connectivity index (χ1) is 12.5. The first-order valence-corrected chi connectivity index (χ1v) is 8.40. The third-order valence-electron chi connectivity index (χ3n) is 3.31. The van der Waals surface area contributed by atoms with Gasteiger partial charge in [-0.3, -0.25) is 14.6 Å². The SMILES string of the molecule is O=C(NOCCO)c1oc2c(F)cncc2c1Nc1ccc(I)cc1F. The Morgan fingerprint density at radius 2 is 2.12 bits per heavy atom. The van der Waals surface area contributed by atoms with Crippen LogP contribution in [0, 0.1) is 15.2 Å². The number of carbonyl (C=O) groups excluding carboxylic acids is 1. The first-order valence-electron chi connectivity index (χ1n) is 7.32. The molecule has 7 nitrogen and oxygen atoms in total. The van der Waals surface area contributed by atoms with Crippen LogP contribution in [0.2, 0.25) is 0 Å². The number of rotatable bonds is 6. The summed E-state index contributed by atoms with van der Waals surface area (Å²) in [5.41, 5.74) is 1.96. The highest BCUT2D eigenvalue weighted by molar-refractivity contribution is 14.1. The average Bonchev–Trinajstić information content (AvgIpc) is 2.98. The van der Waals surface area contributed by atoms with Gasteiger partial charge >= 0.3 is 5.91 Å². The second-order valence-electron chi connectivity index (χ2n) is 5.06. The zero-order valence-electron chi connectivity index (χ0n) is 13.1. The Labute approximate surface area is 159 Å². The fourth-order valence-electron chi connectivity index (χ4n) is 2.20. The number of amides is 1. The largest absolute Gasteiger partial charge is 0.445 e. The lowest BCUT2D eigenvalue weighted by Crippen LogP contribution is -2.25. The number of pyridine rings is 1. The fourth-order valence-corrected chi connectivity index (χ4v) is 2.65. The van der Waals surface area contributed by atoms with Crippen molar-refractivity contribution in [2.45, 2.75) is 0 Å². The summed E-state index contributed by atoms with van der Waals surface area (Å²) in [6, 6.07) is 4.44. The molecule has 0 spiro atoms. The summed E-state index contributed by atoms with van der Waals surface area (Å²) in [5, 5.41) is 11.6. The quantitative estimate of drug-likeness (QED) is 0.288. The zero-order chi connectivity index (χ0) is 18.7. The number of halogens is 3. The number of anilines is 2. The number of nitrogens with zero attached hydrogens (tertiary/aromatic N) is 1. The van der Waals surface area contributed by atoms with E-state index in [9.17, 15) is 13.6 Å². The number of aliphatic hydroxyl groups excluding tert-OH is 1. The predicted molar refractivity (Wildman–Crippen MR) is 96.9 cm³/mol. The maximum Gasteiger partial charge on any atom is 0.312 e. The number of hydrogen-bond donors (Lipinski definition) is 3. The number of hydroxylamine groups is 1. The lowest BCUT2D eigenvalue weighted by molar-refractivity contribution is 0.0152. The van der Waals surface area contributed by atoms with Gasteiger partial charge in [-0.25, -0.2) is 14.3 Å². The third kappa shape index (κ3) is 3.76. The number of benzene rings is 1. The predicted octanol–water partition coefficient (Wildman–Crippen LogP) is 3.11. The monoisotopic (exact) mass is 475 g/mol. The lowest BCUT2D eigenvalue weighted by Gasteiger charge is -2.09. The van der Waals surface area contributed by atoms with Crippen molar-refractivity contribution < 1.29 is 27.9 Å². The molecule has 2 heterocycles. The van der Waals surface area contributed by atoms with Crippen molar-refractivity contribution in [2.24, 2.45) is 0 Å². The number of aromatic nitrogens is 1. The van der Waals surface area contributed by atoms with Crippen LogP contribution in [0.15, 0.2) is 35.0 Å². The minimum absolute atomic E-state index is 0.0391. The molecular weight excluding hydrogens is 463 g/mol. The molecule has 0 fully saturated rings. The molecule has 3 N–H and O–H groups in total. The minimum atomic E-state index is -0.831. The summed E-state index contributed by atoms with van der Waals surface area (Å²) >= 11 is 1.96. The number of nitrogens with one attached hydrogen (secondary N) is 2. The summed E-state index contributed by atoms with van der Waals surface area (Å²) in [4.78, 5) is 20.7. The Kier molecular flexibility index (Phi) is 5.64. The number of furan rings is 1. The van der Waals surface area contributed by atoms with E-state index in [4.69, 9.17) is 14.4 Å². The highest BCUT2D eigenvalue weighted by Gasteiger charge is 2.24. The Bertz CT molecular complexity index is 964.